The molecule has 10 nitrogen and oxygen atoms in total. The van der Waals surface area contributed by atoms with Gasteiger partial charge in [-0.05, 0) is 50.2 Å². The number of amides is 1. The SMILES string of the molecule is CC(=O)c1ccc(C=C2c3cccc(O)c3C(=O)C3C(=O)[C@]4(O)C(=O)C(C(N)=O)C(=O)[C@@H](N(C)C)[C@@H]4C[C@H]23)cc1. The second kappa shape index (κ2) is 9.42. The maximum absolute atomic E-state index is 14.1. The molecule has 0 spiro atoms. The van der Waals surface area contributed by atoms with Crippen molar-refractivity contribution in [2.24, 2.45) is 29.4 Å². The number of nitrogens with zero attached hydrogens (tertiary/aromatic N) is 1. The molecule has 2 unspecified atom stereocenters. The van der Waals surface area contributed by atoms with Crippen molar-refractivity contribution >= 4 is 46.5 Å². The quantitative estimate of drug-likeness (QED) is 0.376. The molecule has 10 heteroatoms. The number of carbonyl (C=O) groups excluding carboxylic acids is 6. The van der Waals surface area contributed by atoms with Crippen molar-refractivity contribution in [2.45, 2.75) is 25.0 Å². The molecule has 0 radical (unpaired) electrons. The van der Waals surface area contributed by atoms with Crippen LogP contribution in [0.3, 0.4) is 0 Å². The number of benzene rings is 2. The van der Waals surface area contributed by atoms with Gasteiger partial charge in [0.25, 0.3) is 0 Å². The largest absolute Gasteiger partial charge is 0.507 e. The van der Waals surface area contributed by atoms with Crippen LogP contribution in [0.25, 0.3) is 11.6 Å². The molecule has 1 amide bonds. The number of carbonyl (C=O) groups is 6. The van der Waals surface area contributed by atoms with Crippen LogP contribution in [0.1, 0.15) is 45.2 Å². The molecule has 3 aliphatic carbocycles. The summed E-state index contributed by atoms with van der Waals surface area (Å²) >= 11 is 0. The minimum Gasteiger partial charge on any atom is -0.507 e. The fourth-order valence-electron chi connectivity index (χ4n) is 6.63. The number of hydrogen-bond donors (Lipinski definition) is 3. The molecule has 2 fully saturated rings. The van der Waals surface area contributed by atoms with Crippen LogP contribution in [0.2, 0.25) is 0 Å². The molecular formula is C30H28N2O8. The minimum absolute atomic E-state index is 0.114. The first-order chi connectivity index (χ1) is 18.8. The zero-order valence-corrected chi connectivity index (χ0v) is 22.1. The summed E-state index contributed by atoms with van der Waals surface area (Å²) in [6, 6.07) is 9.96. The Kier molecular flexibility index (Phi) is 6.43. The van der Waals surface area contributed by atoms with E-state index >= 15 is 0 Å². The van der Waals surface area contributed by atoms with Gasteiger partial charge in [-0.2, -0.15) is 0 Å². The molecule has 206 valence electrons. The number of rotatable bonds is 4. The minimum atomic E-state index is -2.81. The molecular weight excluding hydrogens is 516 g/mol. The molecule has 2 aromatic carbocycles. The average molecular weight is 545 g/mol. The van der Waals surface area contributed by atoms with Crippen molar-refractivity contribution in [3.05, 3.63) is 64.7 Å². The number of primary amides is 1. The van der Waals surface area contributed by atoms with Crippen LogP contribution < -0.4 is 5.73 Å². The number of phenols is 1. The Hall–Kier alpha value is -4.28. The van der Waals surface area contributed by atoms with Gasteiger partial charge in [-0.15, -0.1) is 0 Å². The third kappa shape index (κ3) is 3.78. The lowest BCUT2D eigenvalue weighted by Crippen LogP contribution is -2.74. The summed E-state index contributed by atoms with van der Waals surface area (Å²) in [7, 11) is 3.06. The van der Waals surface area contributed by atoms with Crippen LogP contribution in [-0.4, -0.2) is 75.7 Å². The third-order valence-corrected chi connectivity index (χ3v) is 8.46. The van der Waals surface area contributed by atoms with Gasteiger partial charge in [0.1, 0.15) is 5.75 Å². The highest BCUT2D eigenvalue weighted by atomic mass is 16.3. The van der Waals surface area contributed by atoms with E-state index in [1.165, 1.54) is 32.0 Å². The highest BCUT2D eigenvalue weighted by molar-refractivity contribution is 6.33. The Balaban J connectivity index is 1.73. The lowest BCUT2D eigenvalue weighted by atomic mass is 9.51. The number of phenolic OH excluding ortho intramolecular Hbond substituents is 1. The normalized spacial score (nSPS) is 30.6. The molecule has 0 bridgehead atoms. The van der Waals surface area contributed by atoms with Crippen LogP contribution in [0, 0.1) is 23.7 Å². The first kappa shape index (κ1) is 27.3. The molecule has 0 saturated heterocycles. The van der Waals surface area contributed by atoms with Crippen molar-refractivity contribution in [1.82, 2.24) is 4.90 Å². The average Bonchev–Trinajstić information content (AvgIpc) is 2.88. The molecule has 5 rings (SSSR count). The van der Waals surface area contributed by atoms with Gasteiger partial charge in [0.05, 0.1) is 17.5 Å². The summed E-state index contributed by atoms with van der Waals surface area (Å²) < 4.78 is 0. The molecule has 3 aliphatic rings. The smallest absolute Gasteiger partial charge is 0.235 e. The van der Waals surface area contributed by atoms with Gasteiger partial charge < -0.3 is 15.9 Å². The molecule has 6 atom stereocenters. The summed E-state index contributed by atoms with van der Waals surface area (Å²) in [4.78, 5) is 80.0. The molecule has 4 N–H and O–H groups in total. The number of ketones is 5. The van der Waals surface area contributed by atoms with E-state index in [-0.39, 0.29) is 23.5 Å². The Labute approximate surface area is 229 Å². The second-order valence-electron chi connectivity index (χ2n) is 10.9. The Morgan fingerprint density at radius 1 is 1.02 bits per heavy atom. The predicted octanol–water partition coefficient (Wildman–Crippen LogP) is 1.07. The fourth-order valence-corrected chi connectivity index (χ4v) is 6.63. The van der Waals surface area contributed by atoms with E-state index in [1.807, 2.05) is 0 Å². The summed E-state index contributed by atoms with van der Waals surface area (Å²) in [5.74, 6) is -11.5. The third-order valence-electron chi connectivity index (χ3n) is 8.46. The van der Waals surface area contributed by atoms with E-state index in [1.54, 1.807) is 42.5 Å². The van der Waals surface area contributed by atoms with Crippen LogP contribution in [0.15, 0.2) is 42.5 Å². The zero-order chi connectivity index (χ0) is 29.3. The van der Waals surface area contributed by atoms with Crippen LogP contribution in [0.5, 0.6) is 5.75 Å². The van der Waals surface area contributed by atoms with Crippen LogP contribution in [-0.2, 0) is 19.2 Å². The number of aliphatic hydroxyl groups is 1. The van der Waals surface area contributed by atoms with E-state index in [4.69, 9.17) is 5.73 Å². The van der Waals surface area contributed by atoms with Crippen molar-refractivity contribution in [2.75, 3.05) is 14.1 Å². The van der Waals surface area contributed by atoms with Crippen molar-refractivity contribution in [3.63, 3.8) is 0 Å². The highest BCUT2D eigenvalue weighted by Crippen LogP contribution is 2.54. The first-order valence-electron chi connectivity index (χ1n) is 12.8. The monoisotopic (exact) mass is 544 g/mol. The summed E-state index contributed by atoms with van der Waals surface area (Å²) in [5.41, 5.74) is 4.44. The Morgan fingerprint density at radius 3 is 2.25 bits per heavy atom. The molecule has 2 saturated carbocycles. The van der Waals surface area contributed by atoms with Crippen LogP contribution >= 0.6 is 0 Å². The lowest BCUT2D eigenvalue weighted by molar-refractivity contribution is -0.180. The number of aromatic hydroxyl groups is 1. The van der Waals surface area contributed by atoms with Gasteiger partial charge in [0.2, 0.25) is 5.91 Å². The second-order valence-corrected chi connectivity index (χ2v) is 10.9. The number of allylic oxidation sites excluding steroid dienone is 1. The van der Waals surface area contributed by atoms with E-state index in [2.05, 4.69) is 0 Å². The maximum atomic E-state index is 14.1. The van der Waals surface area contributed by atoms with Gasteiger partial charge in [0, 0.05) is 17.4 Å². The van der Waals surface area contributed by atoms with E-state index in [9.17, 15) is 39.0 Å². The predicted molar refractivity (Wildman–Crippen MR) is 142 cm³/mol. The maximum Gasteiger partial charge on any atom is 0.235 e. The Bertz CT molecular complexity index is 1540. The lowest BCUT2D eigenvalue weighted by Gasteiger charge is -2.53. The highest BCUT2D eigenvalue weighted by Gasteiger charge is 2.69. The number of fused-ring (bicyclic) bond motifs is 3. The summed E-state index contributed by atoms with van der Waals surface area (Å²) in [6.07, 6.45) is 1.62. The number of Topliss-reactive ketones (excluding diaryl/α,β-unsaturated/α-hetero) is 5. The van der Waals surface area contributed by atoms with Crippen molar-refractivity contribution in [3.8, 4) is 5.75 Å². The number of hydrogen-bond acceptors (Lipinski definition) is 9. The first-order valence-corrected chi connectivity index (χ1v) is 12.8. The molecule has 2 aromatic rings. The van der Waals surface area contributed by atoms with E-state index in [0.717, 1.165) is 0 Å². The van der Waals surface area contributed by atoms with Gasteiger partial charge >= 0.3 is 0 Å². The van der Waals surface area contributed by atoms with Crippen molar-refractivity contribution < 1.29 is 39.0 Å². The van der Waals surface area contributed by atoms with E-state index < -0.39 is 64.4 Å². The zero-order valence-electron chi connectivity index (χ0n) is 22.1. The fraction of sp³-hybridized carbons (Fsp3) is 0.333. The standard InChI is InChI=1S/C30H28N2O8/c1-13(33)15-9-7-14(8-10-15)11-17-16-5-4-6-20(34)21(16)25(35)22-18(17)12-19-24(32(2)3)26(36)23(29(31)39)28(38)30(19,40)27(22)37/h4-11,18-19,22-24,34,40H,12H2,1-3H3,(H2,31,39)/t18-,19+,22?,23?,24+,30+/m1/s1. The molecule has 40 heavy (non-hydrogen) atoms. The number of likely N-dealkylation sites (N-methyl/N-ethyl adjacent to an activating group) is 1. The van der Waals surface area contributed by atoms with Crippen molar-refractivity contribution in [1.29, 1.82) is 0 Å². The summed E-state index contributed by atoms with van der Waals surface area (Å²) in [6.45, 7) is 1.44. The van der Waals surface area contributed by atoms with Gasteiger partial charge in [-0.1, -0.05) is 42.5 Å². The molecule has 0 aliphatic heterocycles. The molecule has 0 aromatic heterocycles. The van der Waals surface area contributed by atoms with Gasteiger partial charge in [0.15, 0.2) is 40.4 Å². The van der Waals surface area contributed by atoms with Gasteiger partial charge in [-0.25, -0.2) is 0 Å². The molecule has 0 heterocycles. The number of nitrogens with two attached hydrogens (primary N) is 1. The van der Waals surface area contributed by atoms with Crippen LogP contribution in [0.4, 0.5) is 0 Å². The van der Waals surface area contributed by atoms with E-state index in [0.29, 0.717) is 22.3 Å². The topological polar surface area (TPSA) is 172 Å². The Morgan fingerprint density at radius 2 is 1.68 bits per heavy atom. The van der Waals surface area contributed by atoms with Gasteiger partial charge in [-0.3, -0.25) is 33.7 Å². The summed E-state index contributed by atoms with van der Waals surface area (Å²) in [5, 5.41) is 22.4.